The van der Waals surface area contributed by atoms with Gasteiger partial charge in [-0.3, -0.25) is 0 Å². The minimum atomic E-state index is -0.229. The molecule has 1 aromatic rings. The Bertz CT molecular complexity index is 416. The average molecular weight is 379 g/mol. The normalized spacial score (nSPS) is 25.3. The second-order valence-corrected chi connectivity index (χ2v) is 6.70. The highest BCUT2D eigenvalue weighted by Gasteiger charge is 2.26. The summed E-state index contributed by atoms with van der Waals surface area (Å²) in [4.78, 5) is 2.25. The molecule has 0 spiro atoms. The van der Waals surface area contributed by atoms with Crippen molar-refractivity contribution < 1.29 is 10.2 Å². The standard InChI is InChI=1S/C13H17Br2NO2/c1-16-3-2-12(17)9(7-16)4-8-5-10(14)13(18)11(15)6-8/h5-6,9,12,17-18H,2-4,7H2,1H3. The van der Waals surface area contributed by atoms with Gasteiger partial charge in [-0.25, -0.2) is 0 Å². The molecule has 3 nitrogen and oxygen atoms in total. The van der Waals surface area contributed by atoms with E-state index in [0.29, 0.717) is 8.95 Å². The maximum Gasteiger partial charge on any atom is 0.143 e. The number of piperidine rings is 1. The number of likely N-dealkylation sites (tertiary alicyclic amines) is 1. The molecule has 2 unspecified atom stereocenters. The molecule has 0 radical (unpaired) electrons. The third kappa shape index (κ3) is 3.26. The maximum atomic E-state index is 10.0. The van der Waals surface area contributed by atoms with Gasteiger partial charge in [-0.1, -0.05) is 0 Å². The minimum absolute atomic E-state index is 0.222. The molecular formula is C13H17Br2NO2. The monoisotopic (exact) mass is 377 g/mol. The van der Waals surface area contributed by atoms with E-state index in [1.807, 2.05) is 12.1 Å². The van der Waals surface area contributed by atoms with Crippen molar-refractivity contribution in [3.63, 3.8) is 0 Å². The van der Waals surface area contributed by atoms with Crippen LogP contribution in [0.3, 0.4) is 0 Å². The summed E-state index contributed by atoms with van der Waals surface area (Å²) in [5, 5.41) is 19.7. The molecule has 2 atom stereocenters. The van der Waals surface area contributed by atoms with E-state index in [9.17, 15) is 10.2 Å². The molecule has 1 heterocycles. The van der Waals surface area contributed by atoms with Crippen LogP contribution in [0.15, 0.2) is 21.1 Å². The summed E-state index contributed by atoms with van der Waals surface area (Å²) in [6.45, 7) is 1.87. The van der Waals surface area contributed by atoms with Crippen LogP contribution in [0.1, 0.15) is 12.0 Å². The number of phenolic OH excluding ortho intramolecular Hbond substituents is 1. The van der Waals surface area contributed by atoms with Crippen LogP contribution in [0.4, 0.5) is 0 Å². The molecule has 0 amide bonds. The quantitative estimate of drug-likeness (QED) is 0.831. The van der Waals surface area contributed by atoms with Gasteiger partial charge in [0.1, 0.15) is 5.75 Å². The number of aromatic hydroxyl groups is 1. The van der Waals surface area contributed by atoms with Crippen molar-refractivity contribution >= 4 is 31.9 Å². The summed E-state index contributed by atoms with van der Waals surface area (Å²) in [6, 6.07) is 3.84. The average Bonchev–Trinajstić information content (AvgIpc) is 2.31. The number of halogens is 2. The van der Waals surface area contributed by atoms with Crippen LogP contribution >= 0.6 is 31.9 Å². The molecule has 1 aliphatic rings. The van der Waals surface area contributed by atoms with Crippen LogP contribution in [0, 0.1) is 5.92 Å². The van der Waals surface area contributed by atoms with Crippen LogP contribution in [0.2, 0.25) is 0 Å². The number of nitrogens with zero attached hydrogens (tertiary/aromatic N) is 1. The lowest BCUT2D eigenvalue weighted by Gasteiger charge is -2.34. The number of aliphatic hydroxyl groups excluding tert-OH is 1. The van der Waals surface area contributed by atoms with Gasteiger partial charge in [0.15, 0.2) is 0 Å². The molecule has 1 fully saturated rings. The van der Waals surface area contributed by atoms with Crippen LogP contribution in [0.5, 0.6) is 5.75 Å². The van der Waals surface area contributed by atoms with Gasteiger partial charge in [0.05, 0.1) is 15.0 Å². The number of hydrogen-bond acceptors (Lipinski definition) is 3. The smallest absolute Gasteiger partial charge is 0.143 e. The molecular weight excluding hydrogens is 362 g/mol. The SMILES string of the molecule is CN1CCC(O)C(Cc2cc(Br)c(O)c(Br)c2)C1. The van der Waals surface area contributed by atoms with Crippen LogP contribution in [-0.4, -0.2) is 41.4 Å². The van der Waals surface area contributed by atoms with Crippen molar-refractivity contribution in [1.29, 1.82) is 0 Å². The molecule has 2 rings (SSSR count). The summed E-state index contributed by atoms with van der Waals surface area (Å²) in [5.74, 6) is 0.479. The largest absolute Gasteiger partial charge is 0.506 e. The summed E-state index contributed by atoms with van der Waals surface area (Å²) in [6.07, 6.45) is 1.43. The molecule has 0 bridgehead atoms. The zero-order valence-corrected chi connectivity index (χ0v) is 13.4. The third-order valence-corrected chi connectivity index (χ3v) is 4.68. The van der Waals surface area contributed by atoms with Crippen molar-refractivity contribution in [3.8, 4) is 5.75 Å². The topological polar surface area (TPSA) is 43.7 Å². The number of benzene rings is 1. The highest BCUT2D eigenvalue weighted by Crippen LogP contribution is 2.34. The van der Waals surface area contributed by atoms with Crippen molar-refractivity contribution in [2.75, 3.05) is 20.1 Å². The Morgan fingerprint density at radius 2 is 1.94 bits per heavy atom. The first-order valence-corrected chi connectivity index (χ1v) is 7.59. The summed E-state index contributed by atoms with van der Waals surface area (Å²) < 4.78 is 1.37. The number of rotatable bonds is 2. The van der Waals surface area contributed by atoms with Crippen LogP contribution in [0.25, 0.3) is 0 Å². The summed E-state index contributed by atoms with van der Waals surface area (Å²) in [7, 11) is 2.08. The van der Waals surface area contributed by atoms with Crippen molar-refractivity contribution in [3.05, 3.63) is 26.6 Å². The van der Waals surface area contributed by atoms with E-state index in [4.69, 9.17) is 0 Å². The zero-order valence-electron chi connectivity index (χ0n) is 10.2. The van der Waals surface area contributed by atoms with Crippen molar-refractivity contribution in [2.24, 2.45) is 5.92 Å². The Kier molecular flexibility index (Phi) is 4.69. The fourth-order valence-electron chi connectivity index (χ4n) is 2.44. The predicted octanol–water partition coefficient (Wildman–Crippen LogP) is 2.77. The Labute approximate surface area is 124 Å². The minimum Gasteiger partial charge on any atom is -0.506 e. The molecule has 2 N–H and O–H groups in total. The molecule has 0 saturated carbocycles. The molecule has 5 heteroatoms. The predicted molar refractivity (Wildman–Crippen MR) is 78.8 cm³/mol. The molecule has 0 aliphatic carbocycles. The number of aliphatic hydroxyl groups is 1. The highest BCUT2D eigenvalue weighted by atomic mass is 79.9. The lowest BCUT2D eigenvalue weighted by molar-refractivity contribution is 0.0366. The van der Waals surface area contributed by atoms with E-state index in [-0.39, 0.29) is 17.8 Å². The van der Waals surface area contributed by atoms with Gasteiger partial charge in [0.2, 0.25) is 0 Å². The fourth-order valence-corrected chi connectivity index (χ4v) is 3.72. The Hall–Kier alpha value is -0.100. The number of phenols is 1. The first-order valence-electron chi connectivity index (χ1n) is 6.01. The van der Waals surface area contributed by atoms with Gasteiger partial charge < -0.3 is 15.1 Å². The second-order valence-electron chi connectivity index (χ2n) is 4.99. The summed E-state index contributed by atoms with van der Waals surface area (Å²) >= 11 is 6.67. The molecule has 1 aliphatic heterocycles. The van der Waals surface area contributed by atoms with Gasteiger partial charge in [-0.2, -0.15) is 0 Å². The van der Waals surface area contributed by atoms with Crippen molar-refractivity contribution in [1.82, 2.24) is 4.90 Å². The fraction of sp³-hybridized carbons (Fsp3) is 0.538. The Morgan fingerprint density at radius 1 is 1.33 bits per heavy atom. The summed E-state index contributed by atoms with van der Waals surface area (Å²) in [5.41, 5.74) is 1.12. The van der Waals surface area contributed by atoms with Crippen molar-refractivity contribution in [2.45, 2.75) is 18.9 Å². The molecule has 100 valence electrons. The van der Waals surface area contributed by atoms with Gasteiger partial charge >= 0.3 is 0 Å². The second kappa shape index (κ2) is 5.90. The zero-order chi connectivity index (χ0) is 13.3. The molecule has 0 aromatic heterocycles. The van der Waals surface area contributed by atoms with E-state index >= 15 is 0 Å². The maximum absolute atomic E-state index is 10.0. The van der Waals surface area contributed by atoms with E-state index in [2.05, 4.69) is 43.8 Å². The Balaban J connectivity index is 2.13. The van der Waals surface area contributed by atoms with Gasteiger partial charge in [-0.05, 0) is 69.4 Å². The Morgan fingerprint density at radius 3 is 2.56 bits per heavy atom. The first kappa shape index (κ1) is 14.3. The first-order chi connectivity index (χ1) is 8.47. The van der Waals surface area contributed by atoms with Gasteiger partial charge in [0.25, 0.3) is 0 Å². The molecule has 18 heavy (non-hydrogen) atoms. The highest BCUT2D eigenvalue weighted by molar-refractivity contribution is 9.11. The molecule has 1 aromatic carbocycles. The number of hydrogen-bond donors (Lipinski definition) is 2. The van der Waals surface area contributed by atoms with E-state index in [1.54, 1.807) is 0 Å². The van der Waals surface area contributed by atoms with E-state index in [1.165, 1.54) is 0 Å². The lowest BCUT2D eigenvalue weighted by Crippen LogP contribution is -2.41. The lowest BCUT2D eigenvalue weighted by atomic mass is 9.89. The van der Waals surface area contributed by atoms with E-state index in [0.717, 1.165) is 31.5 Å². The van der Waals surface area contributed by atoms with Crippen LogP contribution < -0.4 is 0 Å². The van der Waals surface area contributed by atoms with Crippen LogP contribution in [-0.2, 0) is 6.42 Å². The van der Waals surface area contributed by atoms with Gasteiger partial charge in [-0.15, -0.1) is 0 Å². The van der Waals surface area contributed by atoms with E-state index < -0.39 is 0 Å². The third-order valence-electron chi connectivity index (χ3n) is 3.47. The molecule has 1 saturated heterocycles. The van der Waals surface area contributed by atoms with Gasteiger partial charge in [0, 0.05) is 19.0 Å².